The van der Waals surface area contributed by atoms with Gasteiger partial charge < -0.3 is 10.6 Å². The molecule has 7 heteroatoms. The Morgan fingerprint density at radius 1 is 1.23 bits per heavy atom. The molecule has 0 aromatic carbocycles. The lowest BCUT2D eigenvalue weighted by Gasteiger charge is -2.10. The van der Waals surface area contributed by atoms with Crippen molar-refractivity contribution in [1.82, 2.24) is 20.6 Å². The number of aliphatic imine (C=N–C) groups is 1. The first-order valence-electron chi connectivity index (χ1n) is 7.50. The maximum Gasteiger partial charge on any atom is 0.191 e. The van der Waals surface area contributed by atoms with E-state index in [0.717, 1.165) is 49.0 Å². The van der Waals surface area contributed by atoms with Gasteiger partial charge in [0.25, 0.3) is 0 Å². The first-order valence-corrected chi connectivity index (χ1v) is 9.20. The summed E-state index contributed by atoms with van der Waals surface area (Å²) in [6, 6.07) is 0. The molecule has 2 aromatic rings. The summed E-state index contributed by atoms with van der Waals surface area (Å²) in [6.45, 7) is 5.89. The predicted octanol–water partition coefficient (Wildman–Crippen LogP) is 2.42. The number of guanidine groups is 1. The van der Waals surface area contributed by atoms with Crippen LogP contribution in [0, 0.1) is 6.92 Å². The van der Waals surface area contributed by atoms with Crippen LogP contribution in [-0.2, 0) is 19.3 Å². The van der Waals surface area contributed by atoms with E-state index in [1.165, 1.54) is 9.88 Å². The third-order valence-corrected chi connectivity index (χ3v) is 5.11. The molecule has 0 aliphatic rings. The van der Waals surface area contributed by atoms with Gasteiger partial charge in [-0.25, -0.2) is 9.97 Å². The van der Waals surface area contributed by atoms with Gasteiger partial charge in [0.05, 0.1) is 15.7 Å². The van der Waals surface area contributed by atoms with Crippen molar-refractivity contribution in [2.75, 3.05) is 20.1 Å². The zero-order chi connectivity index (χ0) is 15.8. The quantitative estimate of drug-likeness (QED) is 0.602. The van der Waals surface area contributed by atoms with E-state index < -0.39 is 0 Å². The molecule has 22 heavy (non-hydrogen) atoms. The zero-order valence-corrected chi connectivity index (χ0v) is 15.0. The lowest BCUT2D eigenvalue weighted by Crippen LogP contribution is -2.39. The smallest absolute Gasteiger partial charge is 0.191 e. The monoisotopic (exact) mass is 337 g/mol. The van der Waals surface area contributed by atoms with Gasteiger partial charge >= 0.3 is 0 Å². The second kappa shape index (κ2) is 8.85. The van der Waals surface area contributed by atoms with Crippen molar-refractivity contribution in [1.29, 1.82) is 0 Å². The van der Waals surface area contributed by atoms with E-state index in [1.807, 2.05) is 6.20 Å². The topological polar surface area (TPSA) is 62.2 Å². The summed E-state index contributed by atoms with van der Waals surface area (Å²) in [7, 11) is 1.79. The molecule has 0 radical (unpaired) electrons. The Bertz CT molecular complexity index is 603. The predicted molar refractivity (Wildman–Crippen MR) is 95.1 cm³/mol. The van der Waals surface area contributed by atoms with Crippen molar-refractivity contribution >= 4 is 28.6 Å². The van der Waals surface area contributed by atoms with Crippen LogP contribution in [0.5, 0.6) is 0 Å². The highest BCUT2D eigenvalue weighted by Crippen LogP contribution is 2.11. The molecule has 0 saturated heterocycles. The highest BCUT2D eigenvalue weighted by molar-refractivity contribution is 7.11. The average molecular weight is 338 g/mol. The Kier molecular flexibility index (Phi) is 6.79. The Hall–Kier alpha value is -1.47. The van der Waals surface area contributed by atoms with Crippen molar-refractivity contribution in [2.24, 2.45) is 4.99 Å². The molecule has 120 valence electrons. The molecule has 0 aliphatic carbocycles. The summed E-state index contributed by atoms with van der Waals surface area (Å²) in [5.41, 5.74) is 1.16. The van der Waals surface area contributed by atoms with Gasteiger partial charge in [0.15, 0.2) is 5.96 Å². The number of nitrogens with one attached hydrogen (secondary N) is 2. The number of hydrogen-bond acceptors (Lipinski definition) is 5. The third kappa shape index (κ3) is 5.38. The van der Waals surface area contributed by atoms with Crippen LogP contribution in [0.1, 0.15) is 27.5 Å². The van der Waals surface area contributed by atoms with Gasteiger partial charge in [0.1, 0.15) is 0 Å². The highest BCUT2D eigenvalue weighted by atomic mass is 32.1. The fraction of sp³-hybridized carbons (Fsp3) is 0.533. The van der Waals surface area contributed by atoms with Crippen molar-refractivity contribution in [3.63, 3.8) is 0 Å². The van der Waals surface area contributed by atoms with Crippen molar-refractivity contribution in [3.8, 4) is 0 Å². The molecular formula is C15H23N5S2. The minimum absolute atomic E-state index is 0.833. The van der Waals surface area contributed by atoms with E-state index in [-0.39, 0.29) is 0 Å². The van der Waals surface area contributed by atoms with Gasteiger partial charge in [-0.2, -0.15) is 0 Å². The van der Waals surface area contributed by atoms with Gasteiger partial charge in [0, 0.05) is 49.4 Å². The molecule has 0 unspecified atom stereocenters. The maximum atomic E-state index is 4.57. The van der Waals surface area contributed by atoms with Crippen LogP contribution < -0.4 is 10.6 Å². The fourth-order valence-electron chi connectivity index (χ4n) is 1.96. The van der Waals surface area contributed by atoms with Gasteiger partial charge in [-0.15, -0.1) is 22.7 Å². The molecule has 2 N–H and O–H groups in total. The van der Waals surface area contributed by atoms with Crippen LogP contribution in [0.3, 0.4) is 0 Å². The maximum absolute atomic E-state index is 4.57. The van der Waals surface area contributed by atoms with Crippen LogP contribution in [0.25, 0.3) is 0 Å². The van der Waals surface area contributed by atoms with Gasteiger partial charge in [-0.3, -0.25) is 4.99 Å². The molecule has 2 aromatic heterocycles. The average Bonchev–Trinajstić information content (AvgIpc) is 3.14. The first kappa shape index (κ1) is 16.9. The standard InChI is InChI=1S/C15H23N5S2/c1-4-13-20-12(10-21-13)5-7-17-15(16-3)18-8-6-14-19-9-11(2)22-14/h9-10H,4-8H2,1-3H3,(H2,16,17,18). The minimum Gasteiger partial charge on any atom is -0.356 e. The Morgan fingerprint density at radius 2 is 2.00 bits per heavy atom. The van der Waals surface area contributed by atoms with E-state index in [9.17, 15) is 0 Å². The molecule has 0 bridgehead atoms. The van der Waals surface area contributed by atoms with Gasteiger partial charge in [0.2, 0.25) is 0 Å². The van der Waals surface area contributed by atoms with Crippen LogP contribution in [0.15, 0.2) is 16.6 Å². The Morgan fingerprint density at radius 3 is 2.59 bits per heavy atom. The van der Waals surface area contributed by atoms with Crippen LogP contribution in [0.4, 0.5) is 0 Å². The molecule has 0 amide bonds. The summed E-state index contributed by atoms with van der Waals surface area (Å²) in [5.74, 6) is 0.833. The summed E-state index contributed by atoms with van der Waals surface area (Å²) < 4.78 is 0. The normalized spacial score (nSPS) is 11.7. The summed E-state index contributed by atoms with van der Waals surface area (Å²) in [4.78, 5) is 14.4. The van der Waals surface area contributed by atoms with Crippen molar-refractivity contribution < 1.29 is 0 Å². The number of aromatic nitrogens is 2. The molecule has 2 heterocycles. The molecule has 5 nitrogen and oxygen atoms in total. The van der Waals surface area contributed by atoms with E-state index in [0.29, 0.717) is 0 Å². The van der Waals surface area contributed by atoms with Crippen molar-refractivity contribution in [2.45, 2.75) is 33.1 Å². The van der Waals surface area contributed by atoms with E-state index in [4.69, 9.17) is 0 Å². The lowest BCUT2D eigenvalue weighted by molar-refractivity contribution is 0.775. The zero-order valence-electron chi connectivity index (χ0n) is 13.3. The summed E-state index contributed by atoms with van der Waals surface area (Å²) in [6.07, 6.45) is 4.77. The Labute approximate surface area is 139 Å². The second-order valence-corrected chi connectivity index (χ2v) is 7.14. The minimum atomic E-state index is 0.833. The molecule has 0 aliphatic heterocycles. The molecule has 2 rings (SSSR count). The molecule has 0 fully saturated rings. The molecular weight excluding hydrogens is 314 g/mol. The third-order valence-electron chi connectivity index (χ3n) is 3.10. The largest absolute Gasteiger partial charge is 0.356 e. The lowest BCUT2D eigenvalue weighted by atomic mass is 10.3. The Balaban J connectivity index is 1.66. The molecule has 0 spiro atoms. The van der Waals surface area contributed by atoms with Crippen LogP contribution in [0.2, 0.25) is 0 Å². The number of hydrogen-bond donors (Lipinski definition) is 2. The highest BCUT2D eigenvalue weighted by Gasteiger charge is 2.03. The fourth-order valence-corrected chi connectivity index (χ4v) is 3.53. The number of rotatable bonds is 7. The summed E-state index contributed by atoms with van der Waals surface area (Å²) in [5, 5.41) is 11.1. The second-order valence-electron chi connectivity index (χ2n) is 4.88. The number of thiazole rings is 2. The van der Waals surface area contributed by atoms with E-state index in [2.05, 4.69) is 44.8 Å². The van der Waals surface area contributed by atoms with Crippen molar-refractivity contribution in [3.05, 3.63) is 32.2 Å². The van der Waals surface area contributed by atoms with Gasteiger partial charge in [-0.05, 0) is 13.3 Å². The van der Waals surface area contributed by atoms with Crippen LogP contribution >= 0.6 is 22.7 Å². The first-order chi connectivity index (χ1) is 10.7. The molecule has 0 atom stereocenters. The number of aryl methyl sites for hydroxylation is 2. The van der Waals surface area contributed by atoms with Gasteiger partial charge in [-0.1, -0.05) is 6.92 Å². The van der Waals surface area contributed by atoms with E-state index in [1.54, 1.807) is 29.7 Å². The number of nitrogens with zero attached hydrogens (tertiary/aromatic N) is 3. The summed E-state index contributed by atoms with van der Waals surface area (Å²) >= 11 is 3.49. The molecule has 0 saturated carbocycles. The van der Waals surface area contributed by atoms with E-state index >= 15 is 0 Å². The SMILES string of the molecule is CCc1nc(CCNC(=NC)NCCc2ncc(C)s2)cs1. The van der Waals surface area contributed by atoms with Crippen LogP contribution in [-0.4, -0.2) is 36.1 Å².